The number of non-ortho nitro benzene ring substituents is 1. The van der Waals surface area contributed by atoms with Crippen molar-refractivity contribution in [1.82, 2.24) is 0 Å². The second-order valence-electron chi connectivity index (χ2n) is 6.45. The molecule has 4 atom stereocenters. The SMILES string of the molecule is O=C1C[C@@H]2CC[C@H]1[C@@H]1C(=O)N(c3cccc([N+](=O)[O-])c3)C(=O)[C@H]21. The molecule has 1 aromatic rings. The van der Waals surface area contributed by atoms with Crippen molar-refractivity contribution in [2.75, 3.05) is 4.90 Å². The molecule has 0 spiro atoms. The van der Waals surface area contributed by atoms with Crippen molar-refractivity contribution in [3.63, 3.8) is 0 Å². The van der Waals surface area contributed by atoms with Gasteiger partial charge in [-0.1, -0.05) is 6.07 Å². The van der Waals surface area contributed by atoms with Crippen LogP contribution in [-0.2, 0) is 14.4 Å². The highest BCUT2D eigenvalue weighted by atomic mass is 16.6. The van der Waals surface area contributed by atoms with E-state index in [0.717, 1.165) is 11.3 Å². The van der Waals surface area contributed by atoms with Gasteiger partial charge in [0.25, 0.3) is 5.69 Å². The zero-order valence-corrected chi connectivity index (χ0v) is 12.2. The van der Waals surface area contributed by atoms with Crippen LogP contribution in [0.25, 0.3) is 0 Å². The summed E-state index contributed by atoms with van der Waals surface area (Å²) in [4.78, 5) is 49.0. The van der Waals surface area contributed by atoms with Crippen molar-refractivity contribution in [3.8, 4) is 0 Å². The fourth-order valence-electron chi connectivity index (χ4n) is 4.38. The van der Waals surface area contributed by atoms with Gasteiger partial charge in [-0.25, -0.2) is 4.90 Å². The standard InChI is InChI=1S/C16H14N2O5/c19-12-6-8-4-5-11(12)14-13(8)15(20)17(16(14)21)9-2-1-3-10(7-9)18(22)23/h1-3,7-8,11,13-14H,4-6H2/t8-,11+,13+,14-/m0/s1. The normalized spacial score (nSPS) is 32.3. The third-order valence-electron chi connectivity index (χ3n) is 5.36. The average Bonchev–Trinajstić information content (AvgIpc) is 2.81. The summed E-state index contributed by atoms with van der Waals surface area (Å²) in [6.45, 7) is 0. The molecule has 1 aromatic carbocycles. The first-order valence-corrected chi connectivity index (χ1v) is 7.64. The van der Waals surface area contributed by atoms with Crippen LogP contribution in [0.5, 0.6) is 0 Å². The molecule has 1 heterocycles. The van der Waals surface area contributed by atoms with Gasteiger partial charge >= 0.3 is 0 Å². The molecule has 118 valence electrons. The molecule has 3 saturated carbocycles. The van der Waals surface area contributed by atoms with Crippen molar-refractivity contribution in [3.05, 3.63) is 34.4 Å². The van der Waals surface area contributed by atoms with E-state index in [-0.39, 0.29) is 40.8 Å². The van der Waals surface area contributed by atoms with Crippen LogP contribution >= 0.6 is 0 Å². The van der Waals surface area contributed by atoms with E-state index in [2.05, 4.69) is 0 Å². The molecule has 0 unspecified atom stereocenters. The second kappa shape index (κ2) is 4.71. The maximum Gasteiger partial charge on any atom is 0.271 e. The summed E-state index contributed by atoms with van der Waals surface area (Å²) < 4.78 is 0. The molecule has 2 amide bonds. The lowest BCUT2D eigenvalue weighted by Gasteiger charge is -2.41. The minimum absolute atomic E-state index is 0.0716. The molecule has 0 aromatic heterocycles. The quantitative estimate of drug-likeness (QED) is 0.470. The number of imide groups is 1. The molecule has 7 nitrogen and oxygen atoms in total. The fraction of sp³-hybridized carbons (Fsp3) is 0.438. The fourth-order valence-corrected chi connectivity index (χ4v) is 4.38. The smallest absolute Gasteiger partial charge is 0.271 e. The van der Waals surface area contributed by atoms with Crippen molar-refractivity contribution < 1.29 is 19.3 Å². The molecule has 0 radical (unpaired) electrons. The summed E-state index contributed by atoms with van der Waals surface area (Å²) in [7, 11) is 0. The highest BCUT2D eigenvalue weighted by Gasteiger charge is 2.61. The van der Waals surface area contributed by atoms with Gasteiger partial charge in [0, 0.05) is 24.5 Å². The van der Waals surface area contributed by atoms with Gasteiger partial charge in [-0.05, 0) is 24.8 Å². The Balaban J connectivity index is 1.75. The Labute approximate surface area is 131 Å². The van der Waals surface area contributed by atoms with Gasteiger partial charge in [0.2, 0.25) is 11.8 Å². The lowest BCUT2D eigenvalue weighted by molar-refractivity contribution is -0.384. The summed E-state index contributed by atoms with van der Waals surface area (Å²) in [6.07, 6.45) is 1.82. The number of hydrogen-bond donors (Lipinski definition) is 0. The number of nitrogens with zero attached hydrogens (tertiary/aromatic N) is 2. The minimum atomic E-state index is -0.582. The zero-order chi connectivity index (χ0) is 16.3. The van der Waals surface area contributed by atoms with Crippen molar-refractivity contribution in [1.29, 1.82) is 0 Å². The van der Waals surface area contributed by atoms with Gasteiger partial charge in [-0.2, -0.15) is 0 Å². The average molecular weight is 314 g/mol. The van der Waals surface area contributed by atoms with E-state index in [0.29, 0.717) is 12.8 Å². The van der Waals surface area contributed by atoms with Crippen LogP contribution in [0, 0.1) is 33.8 Å². The van der Waals surface area contributed by atoms with Crippen LogP contribution in [0.15, 0.2) is 24.3 Å². The van der Waals surface area contributed by atoms with Gasteiger partial charge in [-0.3, -0.25) is 24.5 Å². The Morgan fingerprint density at radius 2 is 1.83 bits per heavy atom. The minimum Gasteiger partial charge on any atom is -0.299 e. The summed E-state index contributed by atoms with van der Waals surface area (Å²) in [5.74, 6) is -2.10. The van der Waals surface area contributed by atoms with Crippen LogP contribution < -0.4 is 4.90 Å². The number of Topliss-reactive ketones (excluding diaryl/α,β-unsaturated/α-hetero) is 1. The highest BCUT2D eigenvalue weighted by molar-refractivity contribution is 6.23. The third-order valence-corrected chi connectivity index (χ3v) is 5.36. The first-order valence-electron chi connectivity index (χ1n) is 7.64. The van der Waals surface area contributed by atoms with Gasteiger partial charge in [0.05, 0.1) is 22.4 Å². The predicted molar refractivity (Wildman–Crippen MR) is 78.4 cm³/mol. The van der Waals surface area contributed by atoms with E-state index in [1.54, 1.807) is 0 Å². The van der Waals surface area contributed by atoms with Crippen molar-refractivity contribution in [2.45, 2.75) is 19.3 Å². The molecule has 4 aliphatic rings. The molecular weight excluding hydrogens is 300 g/mol. The number of nitro groups is 1. The van der Waals surface area contributed by atoms with Gasteiger partial charge in [0.15, 0.2) is 0 Å². The maximum absolute atomic E-state index is 12.8. The third kappa shape index (κ3) is 1.85. The molecule has 2 bridgehead atoms. The lowest BCUT2D eigenvalue weighted by Crippen LogP contribution is -2.46. The Morgan fingerprint density at radius 3 is 2.52 bits per heavy atom. The Bertz CT molecular complexity index is 759. The maximum atomic E-state index is 12.8. The number of rotatable bonds is 2. The second-order valence-corrected chi connectivity index (χ2v) is 6.45. The number of anilines is 1. The molecule has 1 aliphatic heterocycles. The Morgan fingerprint density at radius 1 is 1.09 bits per heavy atom. The molecule has 5 rings (SSSR count). The number of hydrogen-bond acceptors (Lipinski definition) is 5. The number of ketones is 1. The van der Waals surface area contributed by atoms with Gasteiger partial charge < -0.3 is 0 Å². The zero-order valence-electron chi connectivity index (χ0n) is 12.2. The molecule has 3 aliphatic carbocycles. The molecule has 7 heteroatoms. The number of carbonyl (C=O) groups excluding carboxylic acids is 3. The Kier molecular flexibility index (Phi) is 2.88. The summed E-state index contributed by atoms with van der Waals surface area (Å²) in [6, 6.07) is 5.52. The molecule has 1 saturated heterocycles. The predicted octanol–water partition coefficient (Wildman–Crippen LogP) is 1.70. The van der Waals surface area contributed by atoms with E-state index in [1.807, 2.05) is 0 Å². The van der Waals surface area contributed by atoms with Crippen LogP contribution in [0.3, 0.4) is 0 Å². The molecule has 23 heavy (non-hydrogen) atoms. The summed E-state index contributed by atoms with van der Waals surface area (Å²) in [5.41, 5.74) is 0.0486. The van der Waals surface area contributed by atoms with E-state index in [1.165, 1.54) is 24.3 Å². The lowest BCUT2D eigenvalue weighted by atomic mass is 9.59. The topological polar surface area (TPSA) is 97.6 Å². The van der Waals surface area contributed by atoms with E-state index in [4.69, 9.17) is 0 Å². The molecular formula is C16H14N2O5. The number of amides is 2. The largest absolute Gasteiger partial charge is 0.299 e. The monoisotopic (exact) mass is 314 g/mol. The number of carbonyl (C=O) groups is 3. The van der Waals surface area contributed by atoms with Gasteiger partial charge in [-0.15, -0.1) is 0 Å². The number of nitro benzene ring substituents is 1. The number of fused-ring (bicyclic) bond motifs is 2. The Hall–Kier alpha value is -2.57. The van der Waals surface area contributed by atoms with Crippen LogP contribution in [0.2, 0.25) is 0 Å². The van der Waals surface area contributed by atoms with Crippen molar-refractivity contribution in [2.24, 2.45) is 23.7 Å². The van der Waals surface area contributed by atoms with Gasteiger partial charge in [0.1, 0.15) is 5.78 Å². The first-order chi connectivity index (χ1) is 11.0. The summed E-state index contributed by atoms with van der Waals surface area (Å²) >= 11 is 0. The van der Waals surface area contributed by atoms with Crippen LogP contribution in [0.4, 0.5) is 11.4 Å². The van der Waals surface area contributed by atoms with Crippen LogP contribution in [-0.4, -0.2) is 22.5 Å². The highest BCUT2D eigenvalue weighted by Crippen LogP contribution is 2.52. The molecule has 0 N–H and O–H groups in total. The van der Waals surface area contributed by atoms with Crippen LogP contribution in [0.1, 0.15) is 19.3 Å². The van der Waals surface area contributed by atoms with E-state index >= 15 is 0 Å². The van der Waals surface area contributed by atoms with Crippen molar-refractivity contribution >= 4 is 29.0 Å². The molecule has 4 fully saturated rings. The number of benzene rings is 1. The van der Waals surface area contributed by atoms with E-state index in [9.17, 15) is 24.5 Å². The van der Waals surface area contributed by atoms with E-state index < -0.39 is 16.8 Å². The first kappa shape index (κ1) is 14.0. The summed E-state index contributed by atoms with van der Waals surface area (Å²) in [5, 5.41) is 10.9.